The van der Waals surface area contributed by atoms with Crippen LogP contribution in [0.5, 0.6) is 0 Å². The van der Waals surface area contributed by atoms with E-state index in [1.54, 1.807) is 11.8 Å². The summed E-state index contributed by atoms with van der Waals surface area (Å²) in [6.07, 6.45) is 0. The van der Waals surface area contributed by atoms with Crippen LogP contribution in [-0.4, -0.2) is 21.6 Å². The Balaban J connectivity index is 1.32. The third-order valence-corrected chi connectivity index (χ3v) is 5.46. The Morgan fingerprint density at radius 1 is 1.00 bits per heavy atom. The molecular formula is C23H21N3OS. The van der Waals surface area contributed by atoms with E-state index in [2.05, 4.69) is 46.5 Å². The second kappa shape index (κ2) is 8.31. The van der Waals surface area contributed by atoms with Crippen molar-refractivity contribution < 1.29 is 4.79 Å². The zero-order valence-corrected chi connectivity index (χ0v) is 16.4. The summed E-state index contributed by atoms with van der Waals surface area (Å²) >= 11 is 1.61. The Morgan fingerprint density at radius 2 is 1.75 bits per heavy atom. The van der Waals surface area contributed by atoms with Gasteiger partial charge in [0.05, 0.1) is 16.8 Å². The molecule has 0 saturated heterocycles. The summed E-state index contributed by atoms with van der Waals surface area (Å²) in [5.41, 5.74) is 6.22. The fraction of sp³-hybridized carbons (Fsp3) is 0.130. The standard InChI is InChI=1S/C23H21N3OS/c1-16-6-8-17(9-7-16)14-28-15-22(27)24-19-12-10-18(11-13-19)23-25-20-4-2-3-5-21(20)26-23/h2-13H,14-15H2,1H3,(H,24,27)(H,25,26). The molecule has 4 aromatic rings. The van der Waals surface area contributed by atoms with Crippen molar-refractivity contribution in [1.29, 1.82) is 0 Å². The van der Waals surface area contributed by atoms with Crippen LogP contribution in [0.3, 0.4) is 0 Å². The molecule has 0 aliphatic carbocycles. The van der Waals surface area contributed by atoms with Gasteiger partial charge in [0.2, 0.25) is 5.91 Å². The van der Waals surface area contributed by atoms with E-state index in [0.29, 0.717) is 5.75 Å². The third kappa shape index (κ3) is 4.43. The number of aryl methyl sites for hydroxylation is 1. The number of anilines is 1. The average molecular weight is 388 g/mol. The number of carbonyl (C=O) groups excluding carboxylic acids is 1. The number of hydrogen-bond acceptors (Lipinski definition) is 3. The van der Waals surface area contributed by atoms with Gasteiger partial charge in [-0.1, -0.05) is 42.0 Å². The van der Waals surface area contributed by atoms with Gasteiger partial charge in [0.15, 0.2) is 0 Å². The SMILES string of the molecule is Cc1ccc(CSCC(=O)Nc2ccc(-c3nc4ccccc4[nH]3)cc2)cc1. The van der Waals surface area contributed by atoms with Gasteiger partial charge in [-0.2, -0.15) is 0 Å². The number of H-pyrrole nitrogens is 1. The van der Waals surface area contributed by atoms with Gasteiger partial charge in [-0.3, -0.25) is 4.79 Å². The van der Waals surface area contributed by atoms with Crippen LogP contribution in [0.1, 0.15) is 11.1 Å². The molecule has 1 aromatic heterocycles. The number of para-hydroxylation sites is 2. The molecule has 0 radical (unpaired) electrons. The minimum absolute atomic E-state index is 0.00796. The molecule has 1 amide bonds. The zero-order valence-electron chi connectivity index (χ0n) is 15.6. The first-order valence-corrected chi connectivity index (χ1v) is 10.3. The number of fused-ring (bicyclic) bond motifs is 1. The number of carbonyl (C=O) groups is 1. The smallest absolute Gasteiger partial charge is 0.234 e. The molecule has 0 atom stereocenters. The molecule has 140 valence electrons. The summed E-state index contributed by atoms with van der Waals surface area (Å²) < 4.78 is 0. The maximum Gasteiger partial charge on any atom is 0.234 e. The molecule has 0 bridgehead atoms. The van der Waals surface area contributed by atoms with E-state index in [1.807, 2.05) is 48.5 Å². The topological polar surface area (TPSA) is 57.8 Å². The van der Waals surface area contributed by atoms with Gasteiger partial charge in [0.25, 0.3) is 0 Å². The molecule has 28 heavy (non-hydrogen) atoms. The number of aromatic nitrogens is 2. The quantitative estimate of drug-likeness (QED) is 0.465. The van der Waals surface area contributed by atoms with Gasteiger partial charge >= 0.3 is 0 Å². The number of benzene rings is 3. The average Bonchev–Trinajstić information content (AvgIpc) is 3.14. The summed E-state index contributed by atoms with van der Waals surface area (Å²) in [5.74, 6) is 2.10. The van der Waals surface area contributed by atoms with Crippen LogP contribution in [-0.2, 0) is 10.5 Å². The van der Waals surface area contributed by atoms with Crippen LogP contribution < -0.4 is 5.32 Å². The first-order valence-electron chi connectivity index (χ1n) is 9.16. The number of nitrogens with zero attached hydrogens (tertiary/aromatic N) is 1. The highest BCUT2D eigenvalue weighted by molar-refractivity contribution is 7.99. The van der Waals surface area contributed by atoms with Crippen molar-refractivity contribution in [3.8, 4) is 11.4 Å². The third-order valence-electron chi connectivity index (χ3n) is 4.45. The van der Waals surface area contributed by atoms with Gasteiger partial charge in [-0.05, 0) is 48.9 Å². The minimum Gasteiger partial charge on any atom is -0.338 e. The van der Waals surface area contributed by atoms with E-state index in [-0.39, 0.29) is 5.91 Å². The van der Waals surface area contributed by atoms with Crippen LogP contribution in [0.15, 0.2) is 72.8 Å². The number of thioether (sulfide) groups is 1. The molecule has 1 heterocycles. The molecule has 2 N–H and O–H groups in total. The van der Waals surface area contributed by atoms with Crippen LogP contribution in [0.2, 0.25) is 0 Å². The van der Waals surface area contributed by atoms with Crippen molar-refractivity contribution in [2.75, 3.05) is 11.1 Å². The van der Waals surface area contributed by atoms with E-state index < -0.39 is 0 Å². The van der Waals surface area contributed by atoms with E-state index in [0.717, 1.165) is 33.9 Å². The van der Waals surface area contributed by atoms with E-state index >= 15 is 0 Å². The zero-order chi connectivity index (χ0) is 19.3. The van der Waals surface area contributed by atoms with Crippen molar-refractivity contribution in [2.45, 2.75) is 12.7 Å². The molecule has 4 rings (SSSR count). The van der Waals surface area contributed by atoms with E-state index in [1.165, 1.54) is 11.1 Å². The predicted molar refractivity (Wildman–Crippen MR) is 118 cm³/mol. The second-order valence-corrected chi connectivity index (χ2v) is 7.69. The van der Waals surface area contributed by atoms with Crippen LogP contribution in [0.4, 0.5) is 5.69 Å². The minimum atomic E-state index is 0.00796. The lowest BCUT2D eigenvalue weighted by Crippen LogP contribution is -2.14. The lowest BCUT2D eigenvalue weighted by Gasteiger charge is -2.06. The lowest BCUT2D eigenvalue weighted by atomic mass is 10.2. The summed E-state index contributed by atoms with van der Waals surface area (Å²) in [4.78, 5) is 20.1. The summed E-state index contributed by atoms with van der Waals surface area (Å²) in [6.45, 7) is 2.07. The van der Waals surface area contributed by atoms with Gasteiger partial charge < -0.3 is 10.3 Å². The van der Waals surface area contributed by atoms with Crippen molar-refractivity contribution in [1.82, 2.24) is 9.97 Å². The number of nitrogens with one attached hydrogen (secondary N) is 2. The summed E-state index contributed by atoms with van der Waals surface area (Å²) in [5, 5.41) is 2.95. The molecule has 0 fully saturated rings. The van der Waals surface area contributed by atoms with Crippen molar-refractivity contribution in [3.05, 3.63) is 83.9 Å². The number of rotatable bonds is 6. The Kier molecular flexibility index (Phi) is 5.44. The normalized spacial score (nSPS) is 10.9. The first-order chi connectivity index (χ1) is 13.7. The van der Waals surface area contributed by atoms with Crippen LogP contribution in [0, 0.1) is 6.92 Å². The van der Waals surface area contributed by atoms with E-state index in [9.17, 15) is 4.79 Å². The highest BCUT2D eigenvalue weighted by atomic mass is 32.2. The van der Waals surface area contributed by atoms with Crippen LogP contribution >= 0.6 is 11.8 Å². The number of imidazole rings is 1. The highest BCUT2D eigenvalue weighted by Gasteiger charge is 2.07. The summed E-state index contributed by atoms with van der Waals surface area (Å²) in [7, 11) is 0. The molecule has 3 aromatic carbocycles. The van der Waals surface area contributed by atoms with Crippen LogP contribution in [0.25, 0.3) is 22.4 Å². The largest absolute Gasteiger partial charge is 0.338 e. The van der Waals surface area contributed by atoms with Crippen molar-refractivity contribution >= 4 is 34.4 Å². The number of amides is 1. The van der Waals surface area contributed by atoms with Gasteiger partial charge in [-0.25, -0.2) is 4.98 Å². The van der Waals surface area contributed by atoms with Crippen molar-refractivity contribution in [3.63, 3.8) is 0 Å². The Morgan fingerprint density at radius 3 is 2.50 bits per heavy atom. The maximum absolute atomic E-state index is 12.2. The lowest BCUT2D eigenvalue weighted by molar-refractivity contribution is -0.113. The van der Waals surface area contributed by atoms with Gasteiger partial charge in [-0.15, -0.1) is 11.8 Å². The van der Waals surface area contributed by atoms with E-state index in [4.69, 9.17) is 0 Å². The highest BCUT2D eigenvalue weighted by Crippen LogP contribution is 2.22. The first kappa shape index (κ1) is 18.3. The fourth-order valence-electron chi connectivity index (χ4n) is 2.94. The molecule has 0 saturated carbocycles. The monoisotopic (exact) mass is 387 g/mol. The van der Waals surface area contributed by atoms with Crippen molar-refractivity contribution in [2.24, 2.45) is 0 Å². The predicted octanol–water partition coefficient (Wildman–Crippen LogP) is 5.41. The van der Waals surface area contributed by atoms with Gasteiger partial charge in [0, 0.05) is 17.0 Å². The molecule has 4 nitrogen and oxygen atoms in total. The second-order valence-electron chi connectivity index (χ2n) is 6.71. The summed E-state index contributed by atoms with van der Waals surface area (Å²) in [6, 6.07) is 24.1. The Bertz CT molecular complexity index is 1050. The maximum atomic E-state index is 12.2. The molecule has 0 unspecified atom stereocenters. The Hall–Kier alpha value is -3.05. The molecular weight excluding hydrogens is 366 g/mol. The number of aromatic amines is 1. The molecule has 0 spiro atoms. The molecule has 0 aliphatic heterocycles. The fourth-order valence-corrected chi connectivity index (χ4v) is 3.73. The molecule has 5 heteroatoms. The van der Waals surface area contributed by atoms with Gasteiger partial charge in [0.1, 0.15) is 5.82 Å². The Labute approximate surface area is 168 Å². The number of hydrogen-bond donors (Lipinski definition) is 2. The molecule has 0 aliphatic rings.